The molecule has 2 heterocycles. The van der Waals surface area contributed by atoms with Crippen LogP contribution in [0.3, 0.4) is 0 Å². The van der Waals surface area contributed by atoms with Crippen LogP contribution in [0, 0.1) is 5.82 Å². The molecule has 9 nitrogen and oxygen atoms in total. The molecule has 2 aromatic carbocycles. The van der Waals surface area contributed by atoms with Gasteiger partial charge in [-0.2, -0.15) is 0 Å². The second-order valence-corrected chi connectivity index (χ2v) is 8.38. The molecule has 0 spiro atoms. The third kappa shape index (κ3) is 5.71. The maximum Gasteiger partial charge on any atom is 0.303 e. The summed E-state index contributed by atoms with van der Waals surface area (Å²) in [4.78, 5) is 33.6. The number of piperidine rings is 1. The Kier molecular flexibility index (Phi) is 7.50. The number of hydrogen-bond acceptors (Lipinski definition) is 8. The van der Waals surface area contributed by atoms with Crippen LogP contribution in [0.1, 0.15) is 19.8 Å². The highest BCUT2D eigenvalue weighted by atomic mass is 35.5. The minimum absolute atomic E-state index is 0.0100. The highest BCUT2D eigenvalue weighted by molar-refractivity contribution is 6.31. The van der Waals surface area contributed by atoms with Crippen LogP contribution < -0.4 is 14.8 Å². The van der Waals surface area contributed by atoms with Gasteiger partial charge in [0.05, 0.1) is 29.9 Å². The molecule has 0 radical (unpaired) electrons. The zero-order valence-corrected chi connectivity index (χ0v) is 20.0. The number of halogens is 2. The van der Waals surface area contributed by atoms with E-state index in [0.717, 1.165) is 12.8 Å². The molecule has 1 aliphatic heterocycles. The van der Waals surface area contributed by atoms with Gasteiger partial charge in [-0.25, -0.2) is 14.4 Å². The average Bonchev–Trinajstić information content (AvgIpc) is 2.85. The Morgan fingerprint density at radius 1 is 1.26 bits per heavy atom. The second kappa shape index (κ2) is 10.7. The number of nitrogens with one attached hydrogen (secondary N) is 1. The van der Waals surface area contributed by atoms with Gasteiger partial charge >= 0.3 is 5.97 Å². The Balaban J connectivity index is 1.59. The fourth-order valence-corrected chi connectivity index (χ4v) is 4.01. The largest absolute Gasteiger partial charge is 0.493 e. The van der Waals surface area contributed by atoms with Crippen molar-refractivity contribution in [3.05, 3.63) is 47.5 Å². The van der Waals surface area contributed by atoms with Gasteiger partial charge in [-0.05, 0) is 31.0 Å². The molecule has 1 atom stereocenters. The zero-order chi connectivity index (χ0) is 24.9. The van der Waals surface area contributed by atoms with Crippen molar-refractivity contribution < 1.29 is 28.2 Å². The first-order valence-electron chi connectivity index (χ1n) is 11.0. The number of aromatic nitrogens is 2. The molecular formula is C24H24ClFN4O5. The summed E-state index contributed by atoms with van der Waals surface area (Å²) in [6, 6.07) is 8.07. The van der Waals surface area contributed by atoms with Crippen molar-refractivity contribution in [3.8, 4) is 11.5 Å². The van der Waals surface area contributed by atoms with Crippen molar-refractivity contribution in [1.82, 2.24) is 14.9 Å². The first-order valence-corrected chi connectivity index (χ1v) is 11.3. The molecule has 11 heteroatoms. The van der Waals surface area contributed by atoms with E-state index in [1.165, 1.54) is 26.4 Å². The molecule has 1 N–H and O–H groups in total. The van der Waals surface area contributed by atoms with Crippen LogP contribution in [-0.4, -0.2) is 59.7 Å². The fourth-order valence-electron chi connectivity index (χ4n) is 3.84. The number of ether oxygens (including phenoxy) is 3. The van der Waals surface area contributed by atoms with Crippen molar-refractivity contribution in [3.63, 3.8) is 0 Å². The van der Waals surface area contributed by atoms with Crippen molar-refractivity contribution in [2.45, 2.75) is 25.9 Å². The number of rotatable bonds is 7. The Morgan fingerprint density at radius 2 is 2.09 bits per heavy atom. The molecule has 1 fully saturated rings. The van der Waals surface area contributed by atoms with Gasteiger partial charge < -0.3 is 24.4 Å². The molecule has 1 aromatic heterocycles. The van der Waals surface area contributed by atoms with Crippen LogP contribution in [0.15, 0.2) is 36.7 Å². The van der Waals surface area contributed by atoms with E-state index in [9.17, 15) is 14.0 Å². The summed E-state index contributed by atoms with van der Waals surface area (Å²) in [6.45, 7) is 1.86. The summed E-state index contributed by atoms with van der Waals surface area (Å²) < 4.78 is 31.0. The zero-order valence-electron chi connectivity index (χ0n) is 19.2. The molecule has 4 rings (SSSR count). The maximum absolute atomic E-state index is 14.5. The topological polar surface area (TPSA) is 103 Å². The molecular weight excluding hydrogens is 479 g/mol. The number of methoxy groups -OCH3 is 1. The third-order valence-electron chi connectivity index (χ3n) is 5.55. The van der Waals surface area contributed by atoms with Gasteiger partial charge in [0, 0.05) is 24.9 Å². The Labute approximate surface area is 206 Å². The van der Waals surface area contributed by atoms with E-state index < -0.39 is 11.8 Å². The van der Waals surface area contributed by atoms with Crippen molar-refractivity contribution in [1.29, 1.82) is 0 Å². The molecule has 35 heavy (non-hydrogen) atoms. The van der Waals surface area contributed by atoms with Gasteiger partial charge in [0.1, 0.15) is 18.2 Å². The predicted molar refractivity (Wildman–Crippen MR) is 128 cm³/mol. The van der Waals surface area contributed by atoms with Crippen LogP contribution in [0.4, 0.5) is 15.9 Å². The number of anilines is 2. The molecule has 1 aliphatic rings. The Hall–Kier alpha value is -3.66. The molecule has 0 bridgehead atoms. The van der Waals surface area contributed by atoms with E-state index >= 15 is 0 Å². The van der Waals surface area contributed by atoms with E-state index in [1.54, 1.807) is 29.2 Å². The second-order valence-electron chi connectivity index (χ2n) is 7.97. The fraction of sp³-hybridized carbons (Fsp3) is 0.333. The number of likely N-dealkylation sites (tertiary alicyclic amines) is 1. The van der Waals surface area contributed by atoms with E-state index in [-0.39, 0.29) is 29.3 Å². The van der Waals surface area contributed by atoms with Gasteiger partial charge in [-0.3, -0.25) is 9.59 Å². The molecule has 1 amide bonds. The van der Waals surface area contributed by atoms with Crippen LogP contribution in [0.25, 0.3) is 10.9 Å². The monoisotopic (exact) mass is 502 g/mol. The van der Waals surface area contributed by atoms with Gasteiger partial charge in [0.2, 0.25) is 0 Å². The number of carbonyl (C=O) groups excluding carboxylic acids is 2. The molecule has 1 unspecified atom stereocenters. The number of carbonyl (C=O) groups is 2. The van der Waals surface area contributed by atoms with Crippen molar-refractivity contribution in [2.24, 2.45) is 0 Å². The molecule has 1 saturated heterocycles. The van der Waals surface area contributed by atoms with Gasteiger partial charge in [0.15, 0.2) is 23.9 Å². The molecule has 0 aliphatic carbocycles. The van der Waals surface area contributed by atoms with Crippen molar-refractivity contribution in [2.75, 3.05) is 32.1 Å². The van der Waals surface area contributed by atoms with Crippen LogP contribution >= 0.6 is 11.6 Å². The lowest BCUT2D eigenvalue weighted by Crippen LogP contribution is -2.45. The molecule has 0 saturated carbocycles. The smallest absolute Gasteiger partial charge is 0.303 e. The van der Waals surface area contributed by atoms with E-state index in [2.05, 4.69) is 15.3 Å². The standard InChI is InChI=1S/C24H24ClFN4O5/c1-14(31)34-12-22(32)30-8-4-5-15(11-30)35-21-9-16-19(10-20(21)33-2)27-13-28-24(16)29-18-7-3-6-17(25)23(18)26/h3,6-7,9-10,13,15H,4-5,8,11-12H2,1-2H3,(H,27,28,29). The molecule has 3 aromatic rings. The van der Waals surface area contributed by atoms with E-state index in [1.807, 2.05) is 0 Å². The Morgan fingerprint density at radius 3 is 2.86 bits per heavy atom. The van der Waals surface area contributed by atoms with E-state index in [4.69, 9.17) is 25.8 Å². The quantitative estimate of drug-likeness (QED) is 0.481. The van der Waals surface area contributed by atoms with Gasteiger partial charge in [-0.1, -0.05) is 17.7 Å². The third-order valence-corrected chi connectivity index (χ3v) is 5.84. The summed E-state index contributed by atoms with van der Waals surface area (Å²) in [6.07, 6.45) is 2.52. The summed E-state index contributed by atoms with van der Waals surface area (Å²) in [5.74, 6) is -0.115. The minimum atomic E-state index is -0.591. The number of benzene rings is 2. The predicted octanol–water partition coefficient (Wildman–Crippen LogP) is 4.11. The normalized spacial score (nSPS) is 15.5. The molecule has 184 valence electrons. The van der Waals surface area contributed by atoms with Crippen LogP contribution in [-0.2, 0) is 14.3 Å². The summed E-state index contributed by atoms with van der Waals surface area (Å²) >= 11 is 5.90. The van der Waals surface area contributed by atoms with Gasteiger partial charge in [-0.15, -0.1) is 0 Å². The van der Waals surface area contributed by atoms with Crippen LogP contribution in [0.2, 0.25) is 5.02 Å². The maximum atomic E-state index is 14.5. The first kappa shape index (κ1) is 24.5. The number of hydrogen-bond donors (Lipinski definition) is 1. The van der Waals surface area contributed by atoms with E-state index in [0.29, 0.717) is 41.3 Å². The van der Waals surface area contributed by atoms with Crippen molar-refractivity contribution >= 4 is 45.9 Å². The van der Waals surface area contributed by atoms with Gasteiger partial charge in [0.25, 0.3) is 5.91 Å². The summed E-state index contributed by atoms with van der Waals surface area (Å²) in [5.41, 5.74) is 0.737. The Bertz CT molecular complexity index is 1260. The number of amides is 1. The highest BCUT2D eigenvalue weighted by Gasteiger charge is 2.26. The summed E-state index contributed by atoms with van der Waals surface area (Å²) in [5, 5.41) is 3.54. The lowest BCUT2D eigenvalue weighted by Gasteiger charge is -2.33. The average molecular weight is 503 g/mol. The number of fused-ring (bicyclic) bond motifs is 1. The number of nitrogens with zero attached hydrogens (tertiary/aromatic N) is 3. The lowest BCUT2D eigenvalue weighted by molar-refractivity contribution is -0.151. The highest BCUT2D eigenvalue weighted by Crippen LogP contribution is 2.36. The number of esters is 1. The lowest BCUT2D eigenvalue weighted by atomic mass is 10.1. The SMILES string of the molecule is COc1cc2ncnc(Nc3cccc(Cl)c3F)c2cc1OC1CCCN(C(=O)COC(C)=O)C1. The summed E-state index contributed by atoms with van der Waals surface area (Å²) in [7, 11) is 1.52. The minimum Gasteiger partial charge on any atom is -0.493 e. The van der Waals surface area contributed by atoms with Crippen LogP contribution in [0.5, 0.6) is 11.5 Å². The first-order chi connectivity index (χ1) is 16.9.